The van der Waals surface area contributed by atoms with Crippen LogP contribution in [0, 0.1) is 0 Å². The summed E-state index contributed by atoms with van der Waals surface area (Å²) in [6, 6.07) is 12.1. The van der Waals surface area contributed by atoms with Crippen molar-refractivity contribution in [3.8, 4) is 11.4 Å². The molecule has 2 aromatic heterocycles. The monoisotopic (exact) mass is 422 g/mol. The Balaban J connectivity index is 1.63. The van der Waals surface area contributed by atoms with Gasteiger partial charge in [-0.2, -0.15) is 5.10 Å². The van der Waals surface area contributed by atoms with Crippen LogP contribution in [0.2, 0.25) is 0 Å². The van der Waals surface area contributed by atoms with Gasteiger partial charge in [0.25, 0.3) is 5.91 Å². The highest BCUT2D eigenvalue weighted by Gasteiger charge is 2.17. The van der Waals surface area contributed by atoms with E-state index in [1.54, 1.807) is 18.6 Å². The predicted octanol–water partition coefficient (Wildman–Crippen LogP) is 3.90. The fraction of sp³-hybridized carbons (Fsp3) is 0.318. The number of benzene rings is 1. The molecule has 0 atom stereocenters. The van der Waals surface area contributed by atoms with Crippen molar-refractivity contribution in [2.75, 3.05) is 5.75 Å². The largest absolute Gasteiger partial charge is 0.302 e. The van der Waals surface area contributed by atoms with Gasteiger partial charge in [-0.05, 0) is 24.0 Å². The Morgan fingerprint density at radius 1 is 1.20 bits per heavy atom. The summed E-state index contributed by atoms with van der Waals surface area (Å²) in [5.41, 5.74) is 5.72. The van der Waals surface area contributed by atoms with Crippen LogP contribution in [0.3, 0.4) is 0 Å². The maximum atomic E-state index is 12.1. The van der Waals surface area contributed by atoms with E-state index >= 15 is 0 Å². The van der Waals surface area contributed by atoms with Gasteiger partial charge in [0.15, 0.2) is 11.0 Å². The Morgan fingerprint density at radius 2 is 1.97 bits per heavy atom. The van der Waals surface area contributed by atoms with Crippen LogP contribution in [0.15, 0.2) is 59.0 Å². The first-order valence-electron chi connectivity index (χ1n) is 9.77. The van der Waals surface area contributed by atoms with Crippen LogP contribution in [0.1, 0.15) is 38.8 Å². The van der Waals surface area contributed by atoms with E-state index in [9.17, 15) is 4.79 Å². The molecule has 3 aromatic rings. The molecule has 3 rings (SSSR count). The number of aromatic nitrogens is 4. The number of nitrogens with zero attached hydrogens (tertiary/aromatic N) is 5. The number of nitrogens with one attached hydrogen (secondary N) is 1. The summed E-state index contributed by atoms with van der Waals surface area (Å²) in [7, 11) is 0. The lowest BCUT2D eigenvalue weighted by molar-refractivity contribution is -0.118. The Kier molecular flexibility index (Phi) is 6.99. The average molecular weight is 423 g/mol. The number of hydrogen-bond acceptors (Lipinski definition) is 6. The van der Waals surface area contributed by atoms with Crippen LogP contribution in [-0.2, 0) is 16.8 Å². The molecule has 0 saturated carbocycles. The summed E-state index contributed by atoms with van der Waals surface area (Å²) in [6.45, 7) is 9.33. The zero-order chi connectivity index (χ0) is 21.6. The Bertz CT molecular complexity index is 1010. The van der Waals surface area contributed by atoms with Crippen molar-refractivity contribution >= 4 is 23.9 Å². The van der Waals surface area contributed by atoms with Gasteiger partial charge < -0.3 is 4.57 Å². The third kappa shape index (κ3) is 5.54. The number of hydrogen-bond donors (Lipinski definition) is 1. The second-order valence-electron chi connectivity index (χ2n) is 7.75. The van der Waals surface area contributed by atoms with E-state index in [1.807, 2.05) is 23.6 Å². The average Bonchev–Trinajstić information content (AvgIpc) is 3.15. The molecule has 2 heterocycles. The molecule has 0 aliphatic heterocycles. The van der Waals surface area contributed by atoms with Gasteiger partial charge in [0.2, 0.25) is 0 Å². The molecule has 0 spiro atoms. The van der Waals surface area contributed by atoms with Crippen molar-refractivity contribution in [1.82, 2.24) is 25.2 Å². The lowest BCUT2D eigenvalue weighted by Gasteiger charge is -2.19. The Labute approximate surface area is 181 Å². The van der Waals surface area contributed by atoms with Crippen LogP contribution in [0.25, 0.3) is 11.4 Å². The summed E-state index contributed by atoms with van der Waals surface area (Å²) < 4.78 is 2.02. The zero-order valence-corrected chi connectivity index (χ0v) is 18.5. The number of rotatable bonds is 7. The number of hydrazone groups is 1. The van der Waals surface area contributed by atoms with Crippen molar-refractivity contribution in [3.05, 3.63) is 59.9 Å². The van der Waals surface area contributed by atoms with Crippen molar-refractivity contribution in [1.29, 1.82) is 0 Å². The van der Waals surface area contributed by atoms with Gasteiger partial charge in [0.05, 0.1) is 12.0 Å². The minimum absolute atomic E-state index is 0.102. The molecule has 0 fully saturated rings. The standard InChI is InChI=1S/C22H26N6OS/c1-5-28-20(17-8-10-18(11-9-17)22(2,3)4)26-27-21(28)30-15-19(29)25-24-14-16-7-6-12-23-13-16/h6-14H,5,15H2,1-4H3,(H,25,29). The second-order valence-corrected chi connectivity index (χ2v) is 8.69. The zero-order valence-electron chi connectivity index (χ0n) is 17.7. The molecule has 0 aliphatic carbocycles. The van der Waals surface area contributed by atoms with Crippen LogP contribution < -0.4 is 5.43 Å². The van der Waals surface area contributed by atoms with Crippen LogP contribution in [-0.4, -0.2) is 37.6 Å². The van der Waals surface area contributed by atoms with E-state index in [1.165, 1.54) is 17.3 Å². The number of carbonyl (C=O) groups is 1. The van der Waals surface area contributed by atoms with E-state index in [2.05, 4.69) is 70.7 Å². The van der Waals surface area contributed by atoms with E-state index in [0.29, 0.717) is 11.7 Å². The van der Waals surface area contributed by atoms with Gasteiger partial charge in [0.1, 0.15) is 0 Å². The molecule has 8 heteroatoms. The SMILES string of the molecule is CCn1c(SCC(=O)NN=Cc2cccnc2)nnc1-c1ccc(C(C)(C)C)cc1. The maximum Gasteiger partial charge on any atom is 0.250 e. The number of thioether (sulfide) groups is 1. The highest BCUT2D eigenvalue weighted by Crippen LogP contribution is 2.27. The molecular weight excluding hydrogens is 396 g/mol. The van der Waals surface area contributed by atoms with E-state index < -0.39 is 0 Å². The molecule has 1 aromatic carbocycles. The number of amides is 1. The quantitative estimate of drug-likeness (QED) is 0.355. The number of carbonyl (C=O) groups excluding carboxylic acids is 1. The van der Waals surface area contributed by atoms with Crippen LogP contribution in [0.5, 0.6) is 0 Å². The van der Waals surface area contributed by atoms with Gasteiger partial charge in [-0.15, -0.1) is 10.2 Å². The Morgan fingerprint density at radius 3 is 2.60 bits per heavy atom. The van der Waals surface area contributed by atoms with Crippen molar-refractivity contribution < 1.29 is 4.79 Å². The fourth-order valence-corrected chi connectivity index (χ4v) is 3.60. The molecule has 0 bridgehead atoms. The van der Waals surface area contributed by atoms with Gasteiger partial charge in [0, 0.05) is 30.1 Å². The minimum atomic E-state index is -0.207. The minimum Gasteiger partial charge on any atom is -0.302 e. The van der Waals surface area contributed by atoms with Crippen LogP contribution >= 0.6 is 11.8 Å². The van der Waals surface area contributed by atoms with Crippen molar-refractivity contribution in [2.45, 2.75) is 44.8 Å². The maximum absolute atomic E-state index is 12.1. The molecule has 0 radical (unpaired) electrons. The summed E-state index contributed by atoms with van der Waals surface area (Å²) in [5.74, 6) is 0.795. The first-order valence-corrected chi connectivity index (χ1v) is 10.8. The molecule has 156 valence electrons. The summed E-state index contributed by atoms with van der Waals surface area (Å²) in [6.07, 6.45) is 4.91. The van der Waals surface area contributed by atoms with Gasteiger partial charge >= 0.3 is 0 Å². The molecule has 1 amide bonds. The molecular formula is C22H26N6OS. The molecule has 0 aliphatic rings. The molecule has 7 nitrogen and oxygen atoms in total. The third-order valence-corrected chi connectivity index (χ3v) is 5.43. The van der Waals surface area contributed by atoms with E-state index in [4.69, 9.17) is 0 Å². The molecule has 0 saturated heterocycles. The first-order chi connectivity index (χ1) is 14.4. The Hall–Kier alpha value is -3.00. The lowest BCUT2D eigenvalue weighted by atomic mass is 9.87. The molecule has 0 unspecified atom stereocenters. The predicted molar refractivity (Wildman–Crippen MR) is 121 cm³/mol. The molecule has 30 heavy (non-hydrogen) atoms. The van der Waals surface area contributed by atoms with Crippen molar-refractivity contribution in [2.24, 2.45) is 5.10 Å². The smallest absolute Gasteiger partial charge is 0.250 e. The second kappa shape index (κ2) is 9.67. The third-order valence-electron chi connectivity index (χ3n) is 4.46. The summed E-state index contributed by atoms with van der Waals surface area (Å²) in [5, 5.41) is 13.3. The lowest BCUT2D eigenvalue weighted by Crippen LogP contribution is -2.20. The van der Waals surface area contributed by atoms with Gasteiger partial charge in [-0.25, -0.2) is 5.43 Å². The normalized spacial score (nSPS) is 11.7. The summed E-state index contributed by atoms with van der Waals surface area (Å²) >= 11 is 1.34. The van der Waals surface area contributed by atoms with E-state index in [0.717, 1.165) is 17.0 Å². The number of pyridine rings is 1. The fourth-order valence-electron chi connectivity index (χ4n) is 2.81. The van der Waals surface area contributed by atoms with E-state index in [-0.39, 0.29) is 17.1 Å². The first kappa shape index (κ1) is 21.7. The molecule has 1 N–H and O–H groups in total. The van der Waals surface area contributed by atoms with Crippen molar-refractivity contribution in [3.63, 3.8) is 0 Å². The topological polar surface area (TPSA) is 85.1 Å². The van der Waals surface area contributed by atoms with Gasteiger partial charge in [-0.1, -0.05) is 62.9 Å². The van der Waals surface area contributed by atoms with Crippen LogP contribution in [0.4, 0.5) is 0 Å². The van der Waals surface area contributed by atoms with Gasteiger partial charge in [-0.3, -0.25) is 9.78 Å². The highest BCUT2D eigenvalue weighted by molar-refractivity contribution is 7.99. The summed E-state index contributed by atoms with van der Waals surface area (Å²) in [4.78, 5) is 16.1. The highest BCUT2D eigenvalue weighted by atomic mass is 32.2.